The van der Waals surface area contributed by atoms with Crippen molar-refractivity contribution in [3.05, 3.63) is 48.5 Å². The molecule has 0 aliphatic rings. The fourth-order valence-corrected chi connectivity index (χ4v) is 2.49. The molecule has 2 aromatic carbocycles. The summed E-state index contributed by atoms with van der Waals surface area (Å²) in [6.07, 6.45) is 0. The van der Waals surface area contributed by atoms with Gasteiger partial charge in [-0.2, -0.15) is 0 Å². The molecular weight excluding hydrogens is 270 g/mol. The predicted octanol–water partition coefficient (Wildman–Crippen LogP) is 0.735. The Labute approximate surface area is 102 Å². The zero-order chi connectivity index (χ0) is 9.38. The minimum absolute atomic E-state index is 0. The van der Waals surface area contributed by atoms with Gasteiger partial charge in [0.15, 0.2) is 0 Å². The summed E-state index contributed by atoms with van der Waals surface area (Å²) < 4.78 is 2.48. The number of para-hydroxylation sites is 2. The van der Waals surface area contributed by atoms with Gasteiger partial charge in [0.2, 0.25) is 11.3 Å². The second-order valence-corrected chi connectivity index (χ2v) is 4.23. The highest BCUT2D eigenvalue weighted by molar-refractivity contribution is 7.24. The van der Waals surface area contributed by atoms with Gasteiger partial charge in [-0.25, -0.2) is 4.98 Å². The minimum atomic E-state index is 0. The van der Waals surface area contributed by atoms with Crippen LogP contribution in [-0.2, 0) is 0 Å². The number of rotatable bonds is 0. The van der Waals surface area contributed by atoms with Gasteiger partial charge in [0.1, 0.15) is 11.0 Å². The molecule has 0 fully saturated rings. The monoisotopic (exact) mass is 277 g/mol. The fourth-order valence-electron chi connectivity index (χ4n) is 1.52. The van der Waals surface area contributed by atoms with Gasteiger partial charge in [0.25, 0.3) is 9.40 Å². The summed E-state index contributed by atoms with van der Waals surface area (Å²) in [4.78, 5) is 4.59. The van der Waals surface area contributed by atoms with Crippen molar-refractivity contribution >= 4 is 31.8 Å². The van der Waals surface area contributed by atoms with Crippen LogP contribution in [0.1, 0.15) is 0 Å². The lowest BCUT2D eigenvalue weighted by atomic mass is 10.3. The Morgan fingerprint density at radius 1 is 0.733 bits per heavy atom. The first-order valence-corrected chi connectivity index (χ1v) is 5.33. The molecule has 0 spiro atoms. The molecule has 0 saturated heterocycles. The van der Waals surface area contributed by atoms with Crippen molar-refractivity contribution in [2.24, 2.45) is 0 Å². The molecule has 0 N–H and O–H groups in total. The molecule has 1 aromatic heterocycles. The second kappa shape index (κ2) is 4.21. The molecule has 0 bridgehead atoms. The van der Waals surface area contributed by atoms with Crippen molar-refractivity contribution < 1.29 is 17.0 Å². The van der Waals surface area contributed by atoms with Crippen LogP contribution in [0.3, 0.4) is 0 Å². The average molecular weight is 278 g/mol. The highest BCUT2D eigenvalue weighted by atomic mass is 79.9. The van der Waals surface area contributed by atoms with E-state index in [2.05, 4.69) is 41.4 Å². The number of halogens is 1. The van der Waals surface area contributed by atoms with Gasteiger partial charge in [0.05, 0.1) is 0 Å². The van der Waals surface area contributed by atoms with Gasteiger partial charge in [0, 0.05) is 12.1 Å². The van der Waals surface area contributed by atoms with Crippen LogP contribution in [0.4, 0.5) is 0 Å². The quantitative estimate of drug-likeness (QED) is 0.436. The SMILES string of the molecule is [Br-].c1ccc2[s+]c3ccccc3nc2c1. The Morgan fingerprint density at radius 3 is 1.73 bits per heavy atom. The first-order chi connectivity index (χ1) is 6.93. The third kappa shape index (κ3) is 1.85. The molecule has 0 unspecified atom stereocenters. The number of aromatic nitrogens is 1. The fraction of sp³-hybridized carbons (Fsp3) is 0. The maximum absolute atomic E-state index is 4.59. The van der Waals surface area contributed by atoms with Crippen molar-refractivity contribution in [2.75, 3.05) is 0 Å². The zero-order valence-corrected chi connectivity index (χ0v) is 10.3. The third-order valence-electron chi connectivity index (χ3n) is 2.19. The van der Waals surface area contributed by atoms with Gasteiger partial charge in [-0.1, -0.05) is 24.3 Å². The summed E-state index contributed by atoms with van der Waals surface area (Å²) in [5.41, 5.74) is 2.16. The summed E-state index contributed by atoms with van der Waals surface area (Å²) in [6.45, 7) is 0. The van der Waals surface area contributed by atoms with Crippen LogP contribution in [-0.4, -0.2) is 4.98 Å². The Morgan fingerprint density at radius 2 is 1.20 bits per heavy atom. The molecule has 1 heterocycles. The number of hydrogen-bond donors (Lipinski definition) is 0. The lowest BCUT2D eigenvalue weighted by Crippen LogP contribution is -3.00. The molecule has 15 heavy (non-hydrogen) atoms. The summed E-state index contributed by atoms with van der Waals surface area (Å²) in [6, 6.07) is 16.5. The molecule has 0 saturated carbocycles. The lowest BCUT2D eigenvalue weighted by Gasteiger charge is -1.89. The van der Waals surface area contributed by atoms with Crippen molar-refractivity contribution in [3.63, 3.8) is 0 Å². The minimum Gasteiger partial charge on any atom is -1.00 e. The maximum atomic E-state index is 4.59. The van der Waals surface area contributed by atoms with Crippen LogP contribution in [0.2, 0.25) is 0 Å². The molecule has 0 radical (unpaired) electrons. The van der Waals surface area contributed by atoms with Gasteiger partial charge in [-0.15, -0.1) is 0 Å². The Hall–Kier alpha value is -1.06. The number of benzene rings is 2. The molecular formula is C12H8BrNS. The summed E-state index contributed by atoms with van der Waals surface area (Å²) >= 11 is 1.79. The maximum Gasteiger partial charge on any atom is 0.257 e. The summed E-state index contributed by atoms with van der Waals surface area (Å²) in [5, 5.41) is 0. The molecule has 0 aliphatic carbocycles. The highest BCUT2D eigenvalue weighted by Gasteiger charge is 2.09. The van der Waals surface area contributed by atoms with Crippen molar-refractivity contribution in [1.29, 1.82) is 0 Å². The largest absolute Gasteiger partial charge is 1.00 e. The van der Waals surface area contributed by atoms with Crippen molar-refractivity contribution in [3.8, 4) is 0 Å². The van der Waals surface area contributed by atoms with Gasteiger partial charge in [-0.3, -0.25) is 0 Å². The van der Waals surface area contributed by atoms with Gasteiger partial charge < -0.3 is 17.0 Å². The number of hydrogen-bond acceptors (Lipinski definition) is 1. The van der Waals surface area contributed by atoms with Crippen LogP contribution in [0, 0.1) is 0 Å². The summed E-state index contributed by atoms with van der Waals surface area (Å²) in [5.74, 6) is 0. The number of fused-ring (bicyclic) bond motifs is 2. The van der Waals surface area contributed by atoms with Gasteiger partial charge in [-0.05, 0) is 12.1 Å². The average Bonchev–Trinajstić information content (AvgIpc) is 2.26. The molecule has 3 aromatic rings. The highest BCUT2D eigenvalue weighted by Crippen LogP contribution is 2.24. The van der Waals surface area contributed by atoms with E-state index in [1.807, 2.05) is 12.1 Å². The normalized spacial score (nSPS) is 10.1. The van der Waals surface area contributed by atoms with Gasteiger partial charge >= 0.3 is 0 Å². The molecule has 74 valence electrons. The lowest BCUT2D eigenvalue weighted by molar-refractivity contribution is -0.00000265. The van der Waals surface area contributed by atoms with Crippen LogP contribution in [0.5, 0.6) is 0 Å². The van der Waals surface area contributed by atoms with E-state index in [0.717, 1.165) is 11.0 Å². The van der Waals surface area contributed by atoms with Crippen LogP contribution < -0.4 is 17.0 Å². The first kappa shape index (κ1) is 10.5. The predicted molar refractivity (Wildman–Crippen MR) is 61.5 cm³/mol. The van der Waals surface area contributed by atoms with E-state index >= 15 is 0 Å². The van der Waals surface area contributed by atoms with Crippen molar-refractivity contribution in [1.82, 2.24) is 4.98 Å². The zero-order valence-electron chi connectivity index (χ0n) is 7.85. The molecule has 1 nitrogen and oxygen atoms in total. The van der Waals surface area contributed by atoms with E-state index in [-0.39, 0.29) is 17.0 Å². The van der Waals surface area contributed by atoms with Crippen LogP contribution in [0.25, 0.3) is 20.4 Å². The first-order valence-electron chi connectivity index (χ1n) is 4.51. The topological polar surface area (TPSA) is 12.9 Å². The van der Waals surface area contributed by atoms with E-state index in [0.29, 0.717) is 0 Å². The van der Waals surface area contributed by atoms with E-state index in [4.69, 9.17) is 0 Å². The van der Waals surface area contributed by atoms with Crippen molar-refractivity contribution in [2.45, 2.75) is 0 Å². The standard InChI is InChI=1S/C12H8NS.BrH/c1-3-7-11-9(5-1)13-10-6-2-4-8-12(10)14-11;/h1-8H;1H/q+1;/p-1. The van der Waals surface area contributed by atoms with Crippen LogP contribution >= 0.6 is 11.3 Å². The van der Waals surface area contributed by atoms with E-state index < -0.39 is 0 Å². The number of nitrogens with zero attached hydrogens (tertiary/aromatic N) is 1. The Kier molecular flexibility index (Phi) is 2.93. The molecule has 0 amide bonds. The van der Waals surface area contributed by atoms with E-state index in [9.17, 15) is 0 Å². The van der Waals surface area contributed by atoms with E-state index in [1.165, 1.54) is 9.40 Å². The Balaban J connectivity index is 0.000000853. The molecule has 3 rings (SSSR count). The third-order valence-corrected chi connectivity index (χ3v) is 3.32. The smallest absolute Gasteiger partial charge is 0.257 e. The summed E-state index contributed by atoms with van der Waals surface area (Å²) in [7, 11) is 0. The van der Waals surface area contributed by atoms with E-state index in [1.54, 1.807) is 11.3 Å². The molecule has 0 atom stereocenters. The van der Waals surface area contributed by atoms with Crippen LogP contribution in [0.15, 0.2) is 48.5 Å². The molecule has 3 heteroatoms. The second-order valence-electron chi connectivity index (χ2n) is 3.15. The molecule has 0 aliphatic heterocycles. The Bertz CT molecular complexity index is 504.